The first kappa shape index (κ1) is 14.1. The molecule has 0 spiro atoms. The van der Waals surface area contributed by atoms with E-state index in [4.69, 9.17) is 4.74 Å². The average Bonchev–Trinajstić information content (AvgIpc) is 3.05. The monoisotopic (exact) mass is 297 g/mol. The van der Waals surface area contributed by atoms with Gasteiger partial charge in [-0.2, -0.15) is 0 Å². The standard InChI is InChI=1S/C12H15N3O2S2/c1-3-5-10-13-8(7-18-10)6-17-12(16)11-9(4-2)14-15-19-11/h7H,3-6H2,1-2H3. The third kappa shape index (κ3) is 3.57. The van der Waals surface area contributed by atoms with Crippen molar-refractivity contribution in [3.8, 4) is 0 Å². The van der Waals surface area contributed by atoms with Crippen molar-refractivity contribution in [1.82, 2.24) is 14.6 Å². The van der Waals surface area contributed by atoms with Crippen LogP contribution in [0.5, 0.6) is 0 Å². The number of carbonyl (C=O) groups excluding carboxylic acids is 1. The number of nitrogens with zero attached hydrogens (tertiary/aromatic N) is 3. The van der Waals surface area contributed by atoms with Crippen LogP contribution in [0, 0.1) is 0 Å². The van der Waals surface area contributed by atoms with Crippen molar-refractivity contribution in [2.24, 2.45) is 0 Å². The molecule has 2 rings (SSSR count). The van der Waals surface area contributed by atoms with Crippen molar-refractivity contribution in [3.63, 3.8) is 0 Å². The van der Waals surface area contributed by atoms with E-state index in [0.29, 0.717) is 17.0 Å². The first-order valence-corrected chi connectivity index (χ1v) is 7.81. The molecule has 2 aromatic heterocycles. The van der Waals surface area contributed by atoms with Crippen LogP contribution in [0.4, 0.5) is 0 Å². The molecule has 0 fully saturated rings. The summed E-state index contributed by atoms with van der Waals surface area (Å²) < 4.78 is 9.02. The van der Waals surface area contributed by atoms with Gasteiger partial charge in [0, 0.05) is 5.38 Å². The van der Waals surface area contributed by atoms with Gasteiger partial charge in [0.1, 0.15) is 6.61 Å². The minimum absolute atomic E-state index is 0.208. The van der Waals surface area contributed by atoms with Gasteiger partial charge in [-0.05, 0) is 30.8 Å². The zero-order chi connectivity index (χ0) is 13.7. The van der Waals surface area contributed by atoms with Crippen LogP contribution in [-0.2, 0) is 24.2 Å². The second kappa shape index (κ2) is 6.72. The molecule has 0 amide bonds. The Hall–Kier alpha value is -1.34. The van der Waals surface area contributed by atoms with Crippen LogP contribution in [-0.4, -0.2) is 20.5 Å². The zero-order valence-corrected chi connectivity index (χ0v) is 12.5. The van der Waals surface area contributed by atoms with Crippen LogP contribution in [0.15, 0.2) is 5.38 Å². The van der Waals surface area contributed by atoms with E-state index in [1.165, 1.54) is 0 Å². The molecule has 0 aliphatic rings. The fourth-order valence-corrected chi connectivity index (χ4v) is 3.07. The van der Waals surface area contributed by atoms with Crippen LogP contribution in [0.2, 0.25) is 0 Å². The quantitative estimate of drug-likeness (QED) is 0.767. The van der Waals surface area contributed by atoms with E-state index in [0.717, 1.165) is 35.1 Å². The molecule has 102 valence electrons. The van der Waals surface area contributed by atoms with Crippen molar-refractivity contribution in [2.45, 2.75) is 39.7 Å². The second-order valence-electron chi connectivity index (χ2n) is 3.96. The van der Waals surface area contributed by atoms with Crippen molar-refractivity contribution in [2.75, 3.05) is 0 Å². The van der Waals surface area contributed by atoms with E-state index < -0.39 is 0 Å². The van der Waals surface area contributed by atoms with E-state index in [1.54, 1.807) is 11.3 Å². The largest absolute Gasteiger partial charge is 0.455 e. The van der Waals surface area contributed by atoms with Crippen molar-refractivity contribution in [3.05, 3.63) is 26.7 Å². The summed E-state index contributed by atoms with van der Waals surface area (Å²) in [6, 6.07) is 0. The summed E-state index contributed by atoms with van der Waals surface area (Å²) >= 11 is 2.68. The van der Waals surface area contributed by atoms with E-state index in [1.807, 2.05) is 12.3 Å². The molecule has 7 heteroatoms. The summed E-state index contributed by atoms with van der Waals surface area (Å²) in [4.78, 5) is 16.8. The number of thiazole rings is 1. The highest BCUT2D eigenvalue weighted by Gasteiger charge is 2.16. The molecule has 0 saturated heterocycles. The number of aryl methyl sites for hydroxylation is 2. The Balaban J connectivity index is 1.92. The number of ether oxygens (including phenoxy) is 1. The van der Waals surface area contributed by atoms with Crippen LogP contribution < -0.4 is 0 Å². The van der Waals surface area contributed by atoms with Gasteiger partial charge in [-0.3, -0.25) is 0 Å². The molecule has 5 nitrogen and oxygen atoms in total. The van der Waals surface area contributed by atoms with Gasteiger partial charge in [0.2, 0.25) is 0 Å². The van der Waals surface area contributed by atoms with Gasteiger partial charge in [0.05, 0.1) is 16.4 Å². The average molecular weight is 297 g/mol. The molecule has 2 aromatic rings. The maximum absolute atomic E-state index is 11.9. The van der Waals surface area contributed by atoms with Gasteiger partial charge in [-0.25, -0.2) is 9.78 Å². The third-order valence-electron chi connectivity index (χ3n) is 2.49. The molecule has 2 heterocycles. The Morgan fingerprint density at radius 1 is 1.42 bits per heavy atom. The van der Waals surface area contributed by atoms with Crippen molar-refractivity contribution >= 4 is 28.8 Å². The van der Waals surface area contributed by atoms with E-state index in [2.05, 4.69) is 21.5 Å². The first-order chi connectivity index (χ1) is 9.24. The highest BCUT2D eigenvalue weighted by atomic mass is 32.1. The molecule has 0 N–H and O–H groups in total. The number of hydrogen-bond donors (Lipinski definition) is 0. The molecule has 0 saturated carbocycles. The van der Waals surface area contributed by atoms with Crippen LogP contribution >= 0.6 is 22.9 Å². The molecule has 0 aromatic carbocycles. The maximum atomic E-state index is 11.9. The van der Waals surface area contributed by atoms with Gasteiger partial charge in [0.15, 0.2) is 4.88 Å². The van der Waals surface area contributed by atoms with Crippen molar-refractivity contribution < 1.29 is 9.53 Å². The minimum atomic E-state index is -0.364. The van der Waals surface area contributed by atoms with Crippen LogP contribution in [0.1, 0.15) is 46.3 Å². The summed E-state index contributed by atoms with van der Waals surface area (Å²) in [5.41, 5.74) is 1.50. The summed E-state index contributed by atoms with van der Waals surface area (Å²) in [5, 5.41) is 6.91. The molecular formula is C12H15N3O2S2. The normalized spacial score (nSPS) is 10.6. The predicted octanol–water partition coefficient (Wildman–Crippen LogP) is 2.87. The van der Waals surface area contributed by atoms with Gasteiger partial charge in [0.25, 0.3) is 0 Å². The molecule has 0 atom stereocenters. The molecule has 19 heavy (non-hydrogen) atoms. The second-order valence-corrected chi connectivity index (χ2v) is 5.66. The third-order valence-corrected chi connectivity index (χ3v) is 4.20. The highest BCUT2D eigenvalue weighted by molar-refractivity contribution is 7.09. The van der Waals surface area contributed by atoms with Crippen molar-refractivity contribution in [1.29, 1.82) is 0 Å². The lowest BCUT2D eigenvalue weighted by atomic mass is 10.3. The summed E-state index contributed by atoms with van der Waals surface area (Å²) in [7, 11) is 0. The SMILES string of the molecule is CCCc1nc(COC(=O)c2snnc2CC)cs1. The van der Waals surface area contributed by atoms with E-state index in [-0.39, 0.29) is 12.6 Å². The molecule has 0 aliphatic carbocycles. The number of rotatable bonds is 6. The summed E-state index contributed by atoms with van der Waals surface area (Å²) in [5.74, 6) is -0.364. The van der Waals surface area contributed by atoms with Crippen LogP contribution in [0.25, 0.3) is 0 Å². The minimum Gasteiger partial charge on any atom is -0.455 e. The Labute approximate surface area is 119 Å². The predicted molar refractivity (Wildman–Crippen MR) is 74.5 cm³/mol. The van der Waals surface area contributed by atoms with Crippen LogP contribution in [0.3, 0.4) is 0 Å². The molecular weight excluding hydrogens is 282 g/mol. The fourth-order valence-electron chi connectivity index (χ4n) is 1.54. The Morgan fingerprint density at radius 2 is 2.26 bits per heavy atom. The Bertz CT molecular complexity index is 551. The lowest BCUT2D eigenvalue weighted by Crippen LogP contribution is -2.06. The number of hydrogen-bond acceptors (Lipinski definition) is 7. The number of aromatic nitrogens is 3. The zero-order valence-electron chi connectivity index (χ0n) is 10.9. The lowest BCUT2D eigenvalue weighted by molar-refractivity contribution is 0.0472. The molecule has 0 unspecified atom stereocenters. The smallest absolute Gasteiger partial charge is 0.352 e. The lowest BCUT2D eigenvalue weighted by Gasteiger charge is -2.01. The molecule has 0 radical (unpaired) electrons. The fraction of sp³-hybridized carbons (Fsp3) is 0.500. The van der Waals surface area contributed by atoms with Gasteiger partial charge in [-0.15, -0.1) is 16.4 Å². The van der Waals surface area contributed by atoms with Gasteiger partial charge < -0.3 is 4.74 Å². The molecule has 0 bridgehead atoms. The Kier molecular flexibility index (Phi) is 4.98. The Morgan fingerprint density at radius 3 is 3.00 bits per heavy atom. The summed E-state index contributed by atoms with van der Waals surface area (Å²) in [6.07, 6.45) is 2.72. The topological polar surface area (TPSA) is 65.0 Å². The van der Waals surface area contributed by atoms with E-state index >= 15 is 0 Å². The van der Waals surface area contributed by atoms with Gasteiger partial charge in [-0.1, -0.05) is 18.3 Å². The number of esters is 1. The first-order valence-electron chi connectivity index (χ1n) is 6.16. The molecule has 0 aliphatic heterocycles. The van der Waals surface area contributed by atoms with Gasteiger partial charge >= 0.3 is 5.97 Å². The summed E-state index contributed by atoms with van der Waals surface area (Å²) in [6.45, 7) is 4.26. The maximum Gasteiger partial charge on any atom is 0.352 e. The highest BCUT2D eigenvalue weighted by Crippen LogP contribution is 2.16. The van der Waals surface area contributed by atoms with E-state index in [9.17, 15) is 4.79 Å². The number of carbonyl (C=O) groups is 1.